The van der Waals surface area contributed by atoms with Crippen molar-refractivity contribution in [3.05, 3.63) is 29.3 Å². The minimum Gasteiger partial charge on any atom is -0.491 e. The van der Waals surface area contributed by atoms with Crippen molar-refractivity contribution in [1.82, 2.24) is 4.90 Å². The number of nitrogens with two attached hydrogens (primary N) is 1. The maximum absolute atomic E-state index is 12.4. The Balaban J connectivity index is 3.03. The third kappa shape index (κ3) is 3.47. The van der Waals surface area contributed by atoms with Gasteiger partial charge in [-0.05, 0) is 32.9 Å². The van der Waals surface area contributed by atoms with E-state index in [2.05, 4.69) is 0 Å². The third-order valence-electron chi connectivity index (χ3n) is 2.79. The van der Waals surface area contributed by atoms with Crippen molar-refractivity contribution in [1.29, 1.82) is 0 Å². The van der Waals surface area contributed by atoms with Crippen LogP contribution >= 0.6 is 0 Å². The molecule has 1 rings (SSSR count). The number of aryl methyl sites for hydroxylation is 1. The molecule has 0 unspecified atom stereocenters. The molecule has 4 heteroatoms. The summed E-state index contributed by atoms with van der Waals surface area (Å²) in [4.78, 5) is 14.1. The Hall–Kier alpha value is -1.55. The van der Waals surface area contributed by atoms with E-state index in [4.69, 9.17) is 10.5 Å². The number of ether oxygens (including phenoxy) is 1. The molecule has 0 saturated carbocycles. The number of amides is 1. The summed E-state index contributed by atoms with van der Waals surface area (Å²) in [6.07, 6.45) is 0. The van der Waals surface area contributed by atoms with Crippen LogP contribution in [0.15, 0.2) is 18.2 Å². The molecule has 0 aliphatic heterocycles. The van der Waals surface area contributed by atoms with Crippen molar-refractivity contribution in [2.24, 2.45) is 5.73 Å². The number of hydrogen-bond acceptors (Lipinski definition) is 3. The molecule has 0 aromatic heterocycles. The van der Waals surface area contributed by atoms with Crippen LogP contribution in [0.3, 0.4) is 0 Å². The van der Waals surface area contributed by atoms with Crippen LogP contribution in [-0.4, -0.2) is 37.0 Å². The summed E-state index contributed by atoms with van der Waals surface area (Å²) in [6, 6.07) is 5.64. The largest absolute Gasteiger partial charge is 0.491 e. The predicted molar refractivity (Wildman–Crippen MR) is 73.0 cm³/mol. The predicted octanol–water partition coefficient (Wildman–Crippen LogP) is 1.81. The molecule has 0 fully saturated rings. The Bertz CT molecular complexity index is 401. The second kappa shape index (κ2) is 7.01. The van der Waals surface area contributed by atoms with Gasteiger partial charge < -0.3 is 15.4 Å². The molecule has 0 radical (unpaired) electrons. The van der Waals surface area contributed by atoms with Gasteiger partial charge in [-0.25, -0.2) is 0 Å². The van der Waals surface area contributed by atoms with E-state index in [1.165, 1.54) is 0 Å². The molecule has 0 atom stereocenters. The van der Waals surface area contributed by atoms with Gasteiger partial charge in [-0.3, -0.25) is 4.79 Å². The lowest BCUT2D eigenvalue weighted by atomic mass is 10.1. The summed E-state index contributed by atoms with van der Waals surface area (Å²) >= 11 is 0. The van der Waals surface area contributed by atoms with Crippen molar-refractivity contribution >= 4 is 5.91 Å². The highest BCUT2D eigenvalue weighted by Crippen LogP contribution is 2.21. The molecule has 1 aromatic carbocycles. The Morgan fingerprint density at radius 3 is 2.56 bits per heavy atom. The molecule has 0 saturated heterocycles. The van der Waals surface area contributed by atoms with Gasteiger partial charge in [-0.15, -0.1) is 0 Å². The van der Waals surface area contributed by atoms with Crippen LogP contribution in [0.1, 0.15) is 29.8 Å². The first kappa shape index (κ1) is 14.5. The molecule has 0 bridgehead atoms. The maximum atomic E-state index is 12.4. The highest BCUT2D eigenvalue weighted by molar-refractivity contribution is 5.97. The monoisotopic (exact) mass is 250 g/mol. The molecular formula is C14H22N2O2. The van der Waals surface area contributed by atoms with Crippen LogP contribution in [0.25, 0.3) is 0 Å². The summed E-state index contributed by atoms with van der Waals surface area (Å²) in [5, 5.41) is 0. The van der Waals surface area contributed by atoms with E-state index in [0.29, 0.717) is 37.6 Å². The lowest BCUT2D eigenvalue weighted by molar-refractivity contribution is 0.0768. The van der Waals surface area contributed by atoms with Crippen molar-refractivity contribution in [3.8, 4) is 5.75 Å². The van der Waals surface area contributed by atoms with Crippen molar-refractivity contribution < 1.29 is 9.53 Å². The quantitative estimate of drug-likeness (QED) is 0.837. The van der Waals surface area contributed by atoms with Gasteiger partial charge in [0.25, 0.3) is 5.91 Å². The number of carbonyl (C=O) groups is 1. The summed E-state index contributed by atoms with van der Waals surface area (Å²) in [7, 11) is 0. The Morgan fingerprint density at radius 2 is 2.00 bits per heavy atom. The van der Waals surface area contributed by atoms with Gasteiger partial charge in [-0.2, -0.15) is 0 Å². The first-order valence-electron chi connectivity index (χ1n) is 6.36. The lowest BCUT2D eigenvalue weighted by Gasteiger charge is -2.20. The molecule has 1 aromatic rings. The standard InChI is InChI=1S/C14H22N2O2/c1-4-16(5-2)14(17)12-10-11(3)6-7-13(12)18-9-8-15/h6-7,10H,4-5,8-9,15H2,1-3H3. The highest BCUT2D eigenvalue weighted by atomic mass is 16.5. The highest BCUT2D eigenvalue weighted by Gasteiger charge is 2.17. The fraction of sp³-hybridized carbons (Fsp3) is 0.500. The first-order valence-corrected chi connectivity index (χ1v) is 6.36. The van der Waals surface area contributed by atoms with Crippen molar-refractivity contribution in [3.63, 3.8) is 0 Å². The second-order valence-corrected chi connectivity index (χ2v) is 4.11. The number of nitrogens with zero attached hydrogens (tertiary/aromatic N) is 1. The molecule has 4 nitrogen and oxygen atoms in total. The molecule has 1 amide bonds. The van der Waals surface area contributed by atoms with E-state index in [1.807, 2.05) is 39.0 Å². The van der Waals surface area contributed by atoms with E-state index in [9.17, 15) is 4.79 Å². The molecular weight excluding hydrogens is 228 g/mol. The molecule has 0 aliphatic carbocycles. The van der Waals surface area contributed by atoms with Crippen molar-refractivity contribution in [2.45, 2.75) is 20.8 Å². The summed E-state index contributed by atoms with van der Waals surface area (Å²) in [5.41, 5.74) is 7.09. The molecule has 2 N–H and O–H groups in total. The van der Waals surface area contributed by atoms with E-state index in [-0.39, 0.29) is 5.91 Å². The molecule has 100 valence electrons. The zero-order valence-corrected chi connectivity index (χ0v) is 11.4. The minimum absolute atomic E-state index is 0.00993. The number of hydrogen-bond donors (Lipinski definition) is 1. The van der Waals surface area contributed by atoms with Gasteiger partial charge >= 0.3 is 0 Å². The zero-order chi connectivity index (χ0) is 13.5. The van der Waals surface area contributed by atoms with Gasteiger partial charge in [0.1, 0.15) is 12.4 Å². The minimum atomic E-state index is 0.00993. The topological polar surface area (TPSA) is 55.6 Å². The van der Waals surface area contributed by atoms with E-state index >= 15 is 0 Å². The Labute approximate surface area is 109 Å². The smallest absolute Gasteiger partial charge is 0.257 e. The van der Waals surface area contributed by atoms with E-state index in [0.717, 1.165) is 5.56 Å². The molecule has 0 spiro atoms. The normalized spacial score (nSPS) is 10.2. The third-order valence-corrected chi connectivity index (χ3v) is 2.79. The fourth-order valence-corrected chi connectivity index (χ4v) is 1.79. The van der Waals surface area contributed by atoms with Crippen LogP contribution in [-0.2, 0) is 0 Å². The Morgan fingerprint density at radius 1 is 1.33 bits per heavy atom. The maximum Gasteiger partial charge on any atom is 0.257 e. The molecule has 18 heavy (non-hydrogen) atoms. The molecule has 0 aliphatic rings. The van der Waals surface area contributed by atoms with Gasteiger partial charge in [-0.1, -0.05) is 11.6 Å². The van der Waals surface area contributed by atoms with Crippen molar-refractivity contribution in [2.75, 3.05) is 26.2 Å². The van der Waals surface area contributed by atoms with Gasteiger partial charge in [0.05, 0.1) is 5.56 Å². The van der Waals surface area contributed by atoms with E-state index in [1.54, 1.807) is 4.90 Å². The average Bonchev–Trinajstić information content (AvgIpc) is 2.38. The van der Waals surface area contributed by atoms with Gasteiger partial charge in [0.2, 0.25) is 0 Å². The van der Waals surface area contributed by atoms with Gasteiger partial charge in [0, 0.05) is 19.6 Å². The van der Waals surface area contributed by atoms with Crippen LogP contribution in [0, 0.1) is 6.92 Å². The number of benzene rings is 1. The average molecular weight is 250 g/mol. The Kier molecular flexibility index (Phi) is 5.65. The van der Waals surface area contributed by atoms with Gasteiger partial charge in [0.15, 0.2) is 0 Å². The van der Waals surface area contributed by atoms with E-state index < -0.39 is 0 Å². The number of carbonyl (C=O) groups excluding carboxylic acids is 1. The summed E-state index contributed by atoms with van der Waals surface area (Å²) in [6.45, 7) is 8.15. The van der Waals surface area contributed by atoms with Crippen LogP contribution in [0.2, 0.25) is 0 Å². The zero-order valence-electron chi connectivity index (χ0n) is 11.4. The second-order valence-electron chi connectivity index (χ2n) is 4.11. The SMILES string of the molecule is CCN(CC)C(=O)c1cc(C)ccc1OCCN. The van der Waals surface area contributed by atoms with Crippen LogP contribution in [0.5, 0.6) is 5.75 Å². The van der Waals surface area contributed by atoms with Crippen LogP contribution < -0.4 is 10.5 Å². The first-order chi connectivity index (χ1) is 8.63. The van der Waals surface area contributed by atoms with Crippen LogP contribution in [0.4, 0.5) is 0 Å². The fourth-order valence-electron chi connectivity index (χ4n) is 1.79. The summed E-state index contributed by atoms with van der Waals surface area (Å²) < 4.78 is 5.53. The number of rotatable bonds is 6. The summed E-state index contributed by atoms with van der Waals surface area (Å²) in [5.74, 6) is 0.624. The molecule has 0 heterocycles. The lowest BCUT2D eigenvalue weighted by Crippen LogP contribution is -2.31.